The summed E-state index contributed by atoms with van der Waals surface area (Å²) in [5, 5.41) is 0. The van der Waals surface area contributed by atoms with Gasteiger partial charge in [0.15, 0.2) is 0 Å². The summed E-state index contributed by atoms with van der Waals surface area (Å²) in [6.45, 7) is 6.74. The number of rotatable bonds is 2. The molecule has 0 heterocycles. The van der Waals surface area contributed by atoms with Gasteiger partial charge >= 0.3 is 0 Å². The van der Waals surface area contributed by atoms with Crippen LogP contribution in [0.4, 0.5) is 0 Å². The van der Waals surface area contributed by atoms with Crippen LogP contribution in [0.5, 0.6) is 5.75 Å². The minimum absolute atomic E-state index is 0.149. The highest BCUT2D eigenvalue weighted by molar-refractivity contribution is 5.69. The van der Waals surface area contributed by atoms with E-state index in [9.17, 15) is 0 Å². The van der Waals surface area contributed by atoms with E-state index in [0.717, 1.165) is 5.75 Å². The number of ether oxygens (including phenoxy) is 1. The van der Waals surface area contributed by atoms with Crippen LogP contribution in [0.3, 0.4) is 0 Å². The van der Waals surface area contributed by atoms with Crippen molar-refractivity contribution < 1.29 is 4.74 Å². The second kappa shape index (κ2) is 4.85. The molecule has 0 aromatic heterocycles. The number of methoxy groups -OCH3 is 1. The lowest BCUT2D eigenvalue weighted by molar-refractivity contribution is 0.415. The van der Waals surface area contributed by atoms with Gasteiger partial charge in [-0.2, -0.15) is 0 Å². The van der Waals surface area contributed by atoms with Crippen LogP contribution in [-0.2, 0) is 5.41 Å². The summed E-state index contributed by atoms with van der Waals surface area (Å²) < 4.78 is 5.20. The Bertz CT molecular complexity index is 518. The molecule has 0 radical (unpaired) electrons. The van der Waals surface area contributed by atoms with Crippen molar-refractivity contribution in [1.29, 1.82) is 0 Å². The van der Waals surface area contributed by atoms with Gasteiger partial charge in [-0.05, 0) is 34.2 Å². The first-order chi connectivity index (χ1) is 8.52. The van der Waals surface area contributed by atoms with Crippen LogP contribution in [0.1, 0.15) is 26.3 Å². The monoisotopic (exact) mass is 240 g/mol. The van der Waals surface area contributed by atoms with Gasteiger partial charge in [-0.15, -0.1) is 0 Å². The third kappa shape index (κ3) is 2.56. The molecule has 1 heteroatoms. The van der Waals surface area contributed by atoms with Gasteiger partial charge in [0.2, 0.25) is 0 Å². The van der Waals surface area contributed by atoms with E-state index in [1.54, 1.807) is 7.11 Å². The Hall–Kier alpha value is -1.76. The maximum atomic E-state index is 5.20. The van der Waals surface area contributed by atoms with Crippen LogP contribution >= 0.6 is 0 Å². The Morgan fingerprint density at radius 3 is 2.00 bits per heavy atom. The van der Waals surface area contributed by atoms with Gasteiger partial charge < -0.3 is 4.74 Å². The SMILES string of the molecule is COc1ccc(-c2ccccc2C(C)(C)C)cc1. The summed E-state index contributed by atoms with van der Waals surface area (Å²) in [5.41, 5.74) is 4.06. The van der Waals surface area contributed by atoms with Crippen molar-refractivity contribution in [3.8, 4) is 16.9 Å². The van der Waals surface area contributed by atoms with Crippen LogP contribution in [-0.4, -0.2) is 7.11 Å². The fourth-order valence-electron chi connectivity index (χ4n) is 2.16. The van der Waals surface area contributed by atoms with E-state index in [4.69, 9.17) is 4.74 Å². The molecule has 0 fully saturated rings. The number of hydrogen-bond acceptors (Lipinski definition) is 1. The quantitative estimate of drug-likeness (QED) is 0.741. The smallest absolute Gasteiger partial charge is 0.118 e. The highest BCUT2D eigenvalue weighted by Gasteiger charge is 2.17. The highest BCUT2D eigenvalue weighted by Crippen LogP contribution is 2.33. The molecule has 0 saturated carbocycles. The molecule has 0 N–H and O–H groups in total. The minimum Gasteiger partial charge on any atom is -0.497 e. The maximum Gasteiger partial charge on any atom is 0.118 e. The van der Waals surface area contributed by atoms with Crippen molar-refractivity contribution in [3.63, 3.8) is 0 Å². The zero-order valence-corrected chi connectivity index (χ0v) is 11.5. The molecule has 94 valence electrons. The summed E-state index contributed by atoms with van der Waals surface area (Å²) in [7, 11) is 1.69. The van der Waals surface area contributed by atoms with Gasteiger partial charge in [0, 0.05) is 0 Å². The van der Waals surface area contributed by atoms with Crippen molar-refractivity contribution in [3.05, 3.63) is 54.1 Å². The van der Waals surface area contributed by atoms with Gasteiger partial charge in [0.1, 0.15) is 5.75 Å². The van der Waals surface area contributed by atoms with Gasteiger partial charge in [0.05, 0.1) is 7.11 Å². The first-order valence-electron chi connectivity index (χ1n) is 6.26. The zero-order chi connectivity index (χ0) is 13.2. The third-order valence-electron chi connectivity index (χ3n) is 3.14. The van der Waals surface area contributed by atoms with Gasteiger partial charge in [-0.1, -0.05) is 57.2 Å². The molecule has 0 aliphatic rings. The molecule has 0 aliphatic carbocycles. The van der Waals surface area contributed by atoms with E-state index in [1.165, 1.54) is 16.7 Å². The summed E-state index contributed by atoms with van der Waals surface area (Å²) >= 11 is 0. The second-order valence-electron chi connectivity index (χ2n) is 5.52. The number of hydrogen-bond donors (Lipinski definition) is 0. The maximum absolute atomic E-state index is 5.20. The van der Waals surface area contributed by atoms with E-state index in [-0.39, 0.29) is 5.41 Å². The lowest BCUT2D eigenvalue weighted by atomic mass is 9.82. The van der Waals surface area contributed by atoms with E-state index in [0.29, 0.717) is 0 Å². The van der Waals surface area contributed by atoms with Crippen molar-refractivity contribution >= 4 is 0 Å². The molecule has 0 aliphatic heterocycles. The van der Waals surface area contributed by atoms with Crippen molar-refractivity contribution in [2.75, 3.05) is 7.11 Å². The number of benzene rings is 2. The Kier molecular flexibility index (Phi) is 3.42. The molecule has 0 atom stereocenters. The summed E-state index contributed by atoms with van der Waals surface area (Å²) in [4.78, 5) is 0. The average molecular weight is 240 g/mol. The third-order valence-corrected chi connectivity index (χ3v) is 3.14. The lowest BCUT2D eigenvalue weighted by Crippen LogP contribution is -2.12. The Morgan fingerprint density at radius 1 is 0.833 bits per heavy atom. The molecule has 18 heavy (non-hydrogen) atoms. The Morgan fingerprint density at radius 2 is 1.44 bits per heavy atom. The molecule has 0 amide bonds. The highest BCUT2D eigenvalue weighted by atomic mass is 16.5. The van der Waals surface area contributed by atoms with E-state index >= 15 is 0 Å². The predicted octanol–water partition coefficient (Wildman–Crippen LogP) is 4.66. The first kappa shape index (κ1) is 12.7. The molecule has 2 aromatic rings. The standard InChI is InChI=1S/C17H20O/c1-17(2,3)16-8-6-5-7-15(16)13-9-11-14(18-4)12-10-13/h5-12H,1-4H3. The van der Waals surface area contributed by atoms with Gasteiger partial charge in [-0.25, -0.2) is 0 Å². The van der Waals surface area contributed by atoms with Crippen molar-refractivity contribution in [1.82, 2.24) is 0 Å². The van der Waals surface area contributed by atoms with Crippen LogP contribution in [0.25, 0.3) is 11.1 Å². The Balaban J connectivity index is 2.50. The second-order valence-corrected chi connectivity index (χ2v) is 5.52. The minimum atomic E-state index is 0.149. The molecule has 0 bridgehead atoms. The van der Waals surface area contributed by atoms with E-state index in [2.05, 4.69) is 57.2 Å². The van der Waals surface area contributed by atoms with E-state index in [1.807, 2.05) is 12.1 Å². The largest absolute Gasteiger partial charge is 0.497 e. The fraction of sp³-hybridized carbons (Fsp3) is 0.294. The van der Waals surface area contributed by atoms with Crippen LogP contribution in [0.15, 0.2) is 48.5 Å². The van der Waals surface area contributed by atoms with Crippen LogP contribution < -0.4 is 4.74 Å². The summed E-state index contributed by atoms with van der Waals surface area (Å²) in [5.74, 6) is 0.895. The normalized spacial score (nSPS) is 11.3. The fourth-order valence-corrected chi connectivity index (χ4v) is 2.16. The molecule has 1 nitrogen and oxygen atoms in total. The zero-order valence-electron chi connectivity index (χ0n) is 11.5. The first-order valence-corrected chi connectivity index (χ1v) is 6.26. The average Bonchev–Trinajstić information content (AvgIpc) is 2.38. The topological polar surface area (TPSA) is 9.23 Å². The molecule has 0 saturated heterocycles. The van der Waals surface area contributed by atoms with E-state index < -0.39 is 0 Å². The van der Waals surface area contributed by atoms with Gasteiger partial charge in [-0.3, -0.25) is 0 Å². The van der Waals surface area contributed by atoms with Crippen molar-refractivity contribution in [2.24, 2.45) is 0 Å². The Labute approximate surface area is 109 Å². The van der Waals surface area contributed by atoms with Crippen LogP contribution in [0.2, 0.25) is 0 Å². The molecule has 2 aromatic carbocycles. The molecule has 0 unspecified atom stereocenters. The summed E-state index contributed by atoms with van der Waals surface area (Å²) in [6, 6.07) is 16.8. The van der Waals surface area contributed by atoms with Crippen molar-refractivity contribution in [2.45, 2.75) is 26.2 Å². The molecule has 0 spiro atoms. The lowest BCUT2D eigenvalue weighted by Gasteiger charge is -2.23. The predicted molar refractivity (Wildman–Crippen MR) is 77.1 cm³/mol. The summed E-state index contributed by atoms with van der Waals surface area (Å²) in [6.07, 6.45) is 0. The molecular formula is C17H20O. The van der Waals surface area contributed by atoms with Gasteiger partial charge in [0.25, 0.3) is 0 Å². The van der Waals surface area contributed by atoms with Crippen LogP contribution in [0, 0.1) is 0 Å². The molecule has 2 rings (SSSR count). The molecular weight excluding hydrogens is 220 g/mol.